The van der Waals surface area contributed by atoms with Crippen LogP contribution in [-0.2, 0) is 0 Å². The lowest BCUT2D eigenvalue weighted by molar-refractivity contribution is 0.0963. The normalized spacial score (nSPS) is 10.7. The first-order chi connectivity index (χ1) is 13.2. The molecule has 0 spiro atoms. The average Bonchev–Trinajstić information content (AvgIpc) is 3.16. The number of ether oxygens (including phenoxy) is 1. The molecule has 7 nitrogen and oxygen atoms in total. The third-order valence-corrected chi connectivity index (χ3v) is 4.32. The Morgan fingerprint density at radius 1 is 1.04 bits per heavy atom. The number of nitrogens with zero attached hydrogens (tertiary/aromatic N) is 4. The highest BCUT2D eigenvalue weighted by Gasteiger charge is 2.12. The van der Waals surface area contributed by atoms with Crippen LogP contribution in [0.3, 0.4) is 0 Å². The van der Waals surface area contributed by atoms with E-state index in [9.17, 15) is 4.79 Å². The monoisotopic (exact) mass is 359 g/mol. The van der Waals surface area contributed by atoms with Crippen LogP contribution in [0.25, 0.3) is 27.9 Å². The number of aromatic nitrogens is 4. The fourth-order valence-electron chi connectivity index (χ4n) is 2.87. The maximum atomic E-state index is 11.8. The number of benzene rings is 1. The lowest BCUT2D eigenvalue weighted by atomic mass is 10.1. The van der Waals surface area contributed by atoms with E-state index < -0.39 is 0 Å². The highest BCUT2D eigenvalue weighted by Crippen LogP contribution is 2.26. The van der Waals surface area contributed by atoms with E-state index in [1.807, 2.05) is 30.5 Å². The molecule has 0 unspecified atom stereocenters. The molecule has 27 heavy (non-hydrogen) atoms. The third kappa shape index (κ3) is 3.10. The minimum absolute atomic E-state index is 0.185. The van der Waals surface area contributed by atoms with Crippen LogP contribution in [0.15, 0.2) is 61.3 Å². The van der Waals surface area contributed by atoms with Gasteiger partial charge in [-0.15, -0.1) is 0 Å². The number of carbonyl (C=O) groups excluding carboxylic acids is 1. The summed E-state index contributed by atoms with van der Waals surface area (Å²) in [5.41, 5.74) is 4.75. The summed E-state index contributed by atoms with van der Waals surface area (Å²) in [6.07, 6.45) is 8.68. The molecule has 134 valence electrons. The van der Waals surface area contributed by atoms with Crippen molar-refractivity contribution in [3.05, 3.63) is 66.9 Å². The summed E-state index contributed by atoms with van der Waals surface area (Å²) in [4.78, 5) is 20.6. The number of amides is 1. The minimum Gasteiger partial charge on any atom is -0.497 e. The fraction of sp³-hybridized carbons (Fsp3) is 0.100. The van der Waals surface area contributed by atoms with Crippen molar-refractivity contribution in [2.24, 2.45) is 0 Å². The number of methoxy groups -OCH3 is 1. The maximum absolute atomic E-state index is 11.8. The zero-order valence-electron chi connectivity index (χ0n) is 14.9. The number of carbonyl (C=O) groups is 1. The first kappa shape index (κ1) is 16.7. The Kier molecular flexibility index (Phi) is 4.25. The van der Waals surface area contributed by atoms with Crippen molar-refractivity contribution < 1.29 is 9.53 Å². The summed E-state index contributed by atoms with van der Waals surface area (Å²) in [5.74, 6) is 0.619. The summed E-state index contributed by atoms with van der Waals surface area (Å²) < 4.78 is 6.92. The van der Waals surface area contributed by atoms with Crippen LogP contribution in [0.4, 0.5) is 0 Å². The SMILES string of the molecule is CNC(=O)c1cncc(-c2cnn3cc(-c4ccc(OC)cc4)cnc23)c1. The predicted octanol–water partition coefficient (Wildman–Crippen LogP) is 2.83. The lowest BCUT2D eigenvalue weighted by Gasteiger charge is -2.05. The topological polar surface area (TPSA) is 81.4 Å². The number of rotatable bonds is 4. The molecule has 1 aromatic carbocycles. The molecule has 0 aliphatic carbocycles. The average molecular weight is 359 g/mol. The molecule has 0 aliphatic rings. The molecule has 1 N–H and O–H groups in total. The van der Waals surface area contributed by atoms with Crippen molar-refractivity contribution in [2.75, 3.05) is 14.2 Å². The Hall–Kier alpha value is -3.74. The van der Waals surface area contributed by atoms with E-state index >= 15 is 0 Å². The summed E-state index contributed by atoms with van der Waals surface area (Å²) in [6, 6.07) is 9.54. The van der Waals surface area contributed by atoms with Crippen molar-refractivity contribution in [1.82, 2.24) is 24.9 Å². The van der Waals surface area contributed by atoms with E-state index in [-0.39, 0.29) is 5.91 Å². The van der Waals surface area contributed by atoms with Gasteiger partial charge in [-0.05, 0) is 23.8 Å². The summed E-state index contributed by atoms with van der Waals surface area (Å²) in [5, 5.41) is 7.01. The Morgan fingerprint density at radius 2 is 1.85 bits per heavy atom. The van der Waals surface area contributed by atoms with Crippen LogP contribution < -0.4 is 10.1 Å². The molecular formula is C20H17N5O2. The van der Waals surface area contributed by atoms with E-state index in [1.54, 1.807) is 43.3 Å². The van der Waals surface area contributed by atoms with Crippen LogP contribution in [0.2, 0.25) is 0 Å². The van der Waals surface area contributed by atoms with Crippen molar-refractivity contribution >= 4 is 11.6 Å². The lowest BCUT2D eigenvalue weighted by Crippen LogP contribution is -2.17. The second kappa shape index (κ2) is 6.87. The van der Waals surface area contributed by atoms with Gasteiger partial charge in [-0.3, -0.25) is 9.78 Å². The molecule has 0 radical (unpaired) electrons. The van der Waals surface area contributed by atoms with Crippen molar-refractivity contribution in [2.45, 2.75) is 0 Å². The number of nitrogens with one attached hydrogen (secondary N) is 1. The van der Waals surface area contributed by atoms with Gasteiger partial charge < -0.3 is 10.1 Å². The highest BCUT2D eigenvalue weighted by molar-refractivity contribution is 5.95. The molecule has 3 aromatic heterocycles. The second-order valence-electron chi connectivity index (χ2n) is 5.94. The van der Waals surface area contributed by atoms with Gasteiger partial charge in [-0.2, -0.15) is 5.10 Å². The van der Waals surface area contributed by atoms with Gasteiger partial charge in [0.2, 0.25) is 0 Å². The first-order valence-electron chi connectivity index (χ1n) is 8.35. The van der Waals surface area contributed by atoms with Crippen LogP contribution >= 0.6 is 0 Å². The van der Waals surface area contributed by atoms with Gasteiger partial charge in [0.1, 0.15) is 5.75 Å². The van der Waals surface area contributed by atoms with E-state index in [0.29, 0.717) is 11.2 Å². The van der Waals surface area contributed by atoms with Crippen molar-refractivity contribution in [1.29, 1.82) is 0 Å². The smallest absolute Gasteiger partial charge is 0.252 e. The molecule has 3 heterocycles. The zero-order valence-corrected chi connectivity index (χ0v) is 14.9. The molecular weight excluding hydrogens is 342 g/mol. The number of hydrogen-bond acceptors (Lipinski definition) is 5. The summed E-state index contributed by atoms with van der Waals surface area (Å²) >= 11 is 0. The van der Waals surface area contributed by atoms with E-state index in [2.05, 4.69) is 20.4 Å². The van der Waals surface area contributed by atoms with E-state index in [4.69, 9.17) is 4.74 Å². The van der Waals surface area contributed by atoms with Crippen LogP contribution in [0, 0.1) is 0 Å². The van der Waals surface area contributed by atoms with Gasteiger partial charge in [0.15, 0.2) is 5.65 Å². The summed E-state index contributed by atoms with van der Waals surface area (Å²) in [7, 11) is 3.23. The maximum Gasteiger partial charge on any atom is 0.252 e. The second-order valence-corrected chi connectivity index (χ2v) is 5.94. The fourth-order valence-corrected chi connectivity index (χ4v) is 2.87. The van der Waals surface area contributed by atoms with Gasteiger partial charge >= 0.3 is 0 Å². The predicted molar refractivity (Wildman–Crippen MR) is 102 cm³/mol. The van der Waals surface area contributed by atoms with E-state index in [0.717, 1.165) is 28.0 Å². The summed E-state index contributed by atoms with van der Waals surface area (Å²) in [6.45, 7) is 0. The van der Waals surface area contributed by atoms with Crippen molar-refractivity contribution in [3.63, 3.8) is 0 Å². The molecule has 0 bridgehead atoms. The number of pyridine rings is 1. The van der Waals surface area contributed by atoms with Crippen molar-refractivity contribution in [3.8, 4) is 28.0 Å². The number of hydrogen-bond donors (Lipinski definition) is 1. The highest BCUT2D eigenvalue weighted by atomic mass is 16.5. The largest absolute Gasteiger partial charge is 0.497 e. The molecule has 1 amide bonds. The Bertz CT molecular complexity index is 1120. The first-order valence-corrected chi connectivity index (χ1v) is 8.35. The Labute approximate surface area is 155 Å². The van der Waals surface area contributed by atoms with Gasteiger partial charge in [-0.1, -0.05) is 12.1 Å². The van der Waals surface area contributed by atoms with Crippen LogP contribution in [0.1, 0.15) is 10.4 Å². The molecule has 4 rings (SSSR count). The van der Waals surface area contributed by atoms with Crippen LogP contribution in [-0.4, -0.2) is 39.6 Å². The van der Waals surface area contributed by atoms with E-state index in [1.165, 1.54) is 6.20 Å². The Balaban J connectivity index is 1.73. The zero-order chi connectivity index (χ0) is 18.8. The third-order valence-electron chi connectivity index (χ3n) is 4.32. The molecule has 0 saturated carbocycles. The van der Waals surface area contributed by atoms with Gasteiger partial charge in [0.05, 0.1) is 18.9 Å². The van der Waals surface area contributed by atoms with Gasteiger partial charge in [0, 0.05) is 48.5 Å². The van der Waals surface area contributed by atoms with Gasteiger partial charge in [-0.25, -0.2) is 9.50 Å². The molecule has 4 aromatic rings. The van der Waals surface area contributed by atoms with Gasteiger partial charge in [0.25, 0.3) is 5.91 Å². The standard InChI is InChI=1S/C20H17N5O2/c1-21-20(26)15-7-14(8-22-9-15)18-11-24-25-12-16(10-23-19(18)25)13-3-5-17(27-2)6-4-13/h3-12H,1-2H3,(H,21,26). The molecule has 0 fully saturated rings. The molecule has 0 aliphatic heterocycles. The van der Waals surface area contributed by atoms with Crippen LogP contribution in [0.5, 0.6) is 5.75 Å². The number of fused-ring (bicyclic) bond motifs is 1. The minimum atomic E-state index is -0.185. The molecule has 0 atom stereocenters. The Morgan fingerprint density at radius 3 is 2.59 bits per heavy atom. The molecule has 0 saturated heterocycles. The molecule has 7 heteroatoms. The quantitative estimate of drug-likeness (QED) is 0.606.